The molecule has 0 spiro atoms. The standard InChI is InChI=1S/C14H19I2NO4/c1-14(2,3)21-13(20)17-9(7-18)4-8-5-10(15)12(19)11(16)6-8/h5-6,9,18-19H,4,7H2,1-3H3,(H,17,20)/t9-/m1/s1. The topological polar surface area (TPSA) is 78.8 Å². The van der Waals surface area contributed by atoms with E-state index in [1.165, 1.54) is 0 Å². The van der Waals surface area contributed by atoms with Crippen molar-refractivity contribution in [2.45, 2.75) is 38.8 Å². The van der Waals surface area contributed by atoms with Crippen LogP contribution in [0.2, 0.25) is 0 Å². The number of carbonyl (C=O) groups excluding carboxylic acids is 1. The quantitative estimate of drug-likeness (QED) is 0.535. The lowest BCUT2D eigenvalue weighted by atomic mass is 10.1. The second kappa shape index (κ2) is 7.82. The Morgan fingerprint density at radius 1 is 1.33 bits per heavy atom. The van der Waals surface area contributed by atoms with Crippen molar-refractivity contribution >= 4 is 51.3 Å². The van der Waals surface area contributed by atoms with Gasteiger partial charge >= 0.3 is 6.09 Å². The third kappa shape index (κ3) is 6.55. The number of rotatable bonds is 4. The molecule has 1 amide bonds. The summed E-state index contributed by atoms with van der Waals surface area (Å²) >= 11 is 4.10. The summed E-state index contributed by atoms with van der Waals surface area (Å²) in [4.78, 5) is 11.7. The predicted molar refractivity (Wildman–Crippen MR) is 97.5 cm³/mol. The van der Waals surface area contributed by atoms with Crippen LogP contribution in [0, 0.1) is 7.14 Å². The van der Waals surface area contributed by atoms with Gasteiger partial charge < -0.3 is 20.3 Å². The summed E-state index contributed by atoms with van der Waals surface area (Å²) in [5, 5.41) is 21.8. The zero-order valence-electron chi connectivity index (χ0n) is 12.1. The van der Waals surface area contributed by atoms with Crippen LogP contribution in [0.5, 0.6) is 5.75 Å². The van der Waals surface area contributed by atoms with Crippen LogP contribution in [0.25, 0.3) is 0 Å². The summed E-state index contributed by atoms with van der Waals surface area (Å²) in [6.45, 7) is 5.16. The third-order valence-electron chi connectivity index (χ3n) is 2.50. The zero-order chi connectivity index (χ0) is 16.2. The molecule has 5 nitrogen and oxygen atoms in total. The summed E-state index contributed by atoms with van der Waals surface area (Å²) in [6, 6.07) is 3.23. The fourth-order valence-electron chi connectivity index (χ4n) is 1.66. The van der Waals surface area contributed by atoms with Crippen LogP contribution in [0.4, 0.5) is 4.79 Å². The van der Waals surface area contributed by atoms with Gasteiger partial charge in [0.05, 0.1) is 19.8 Å². The molecule has 21 heavy (non-hydrogen) atoms. The van der Waals surface area contributed by atoms with Crippen LogP contribution in [-0.2, 0) is 11.2 Å². The molecule has 0 bridgehead atoms. The summed E-state index contributed by atoms with van der Waals surface area (Å²) in [7, 11) is 0. The molecule has 0 heterocycles. The first kappa shape index (κ1) is 18.8. The number of aromatic hydroxyl groups is 1. The maximum Gasteiger partial charge on any atom is 0.407 e. The molecule has 7 heteroatoms. The first-order chi connectivity index (χ1) is 9.62. The Labute approximate surface area is 151 Å². The molecule has 3 N–H and O–H groups in total. The number of phenolic OH excluding ortho intramolecular Hbond substituents is 1. The molecule has 0 fully saturated rings. The largest absolute Gasteiger partial charge is 0.506 e. The fourth-order valence-corrected chi connectivity index (χ4v) is 3.55. The van der Waals surface area contributed by atoms with Crippen LogP contribution in [0.15, 0.2) is 12.1 Å². The van der Waals surface area contributed by atoms with Gasteiger partial charge in [-0.3, -0.25) is 0 Å². The normalized spacial score (nSPS) is 12.9. The van der Waals surface area contributed by atoms with Crippen molar-refractivity contribution in [2.75, 3.05) is 6.61 Å². The molecule has 0 saturated heterocycles. The number of benzene rings is 1. The molecule has 0 saturated carbocycles. The highest BCUT2D eigenvalue weighted by atomic mass is 127. The summed E-state index contributed by atoms with van der Waals surface area (Å²) in [5.74, 6) is 0.251. The minimum Gasteiger partial charge on any atom is -0.506 e. The van der Waals surface area contributed by atoms with Gasteiger partial charge in [-0.15, -0.1) is 0 Å². The predicted octanol–water partition coefficient (Wildman–Crippen LogP) is 3.03. The lowest BCUT2D eigenvalue weighted by molar-refractivity contribution is 0.0483. The molecular formula is C14H19I2NO4. The maximum atomic E-state index is 11.7. The Kier molecular flexibility index (Phi) is 6.98. The average Bonchev–Trinajstić information content (AvgIpc) is 2.32. The molecule has 0 unspecified atom stereocenters. The molecule has 0 aliphatic rings. The van der Waals surface area contributed by atoms with E-state index < -0.39 is 17.7 Å². The average molecular weight is 519 g/mol. The van der Waals surface area contributed by atoms with Gasteiger partial charge in [0, 0.05) is 0 Å². The van der Waals surface area contributed by atoms with Gasteiger partial charge in [0.25, 0.3) is 0 Å². The van der Waals surface area contributed by atoms with Crippen LogP contribution < -0.4 is 5.32 Å². The van der Waals surface area contributed by atoms with Gasteiger partial charge in [-0.25, -0.2) is 4.79 Å². The van der Waals surface area contributed by atoms with E-state index in [2.05, 4.69) is 5.32 Å². The Hall–Kier alpha value is -0.290. The lowest BCUT2D eigenvalue weighted by Gasteiger charge is -2.23. The van der Waals surface area contributed by atoms with Crippen LogP contribution in [-0.4, -0.2) is 34.6 Å². The van der Waals surface area contributed by atoms with Crippen molar-refractivity contribution in [1.29, 1.82) is 0 Å². The van der Waals surface area contributed by atoms with Gasteiger partial charge in [-0.1, -0.05) is 0 Å². The van der Waals surface area contributed by atoms with E-state index in [0.29, 0.717) is 6.42 Å². The monoisotopic (exact) mass is 519 g/mol. The van der Waals surface area contributed by atoms with E-state index in [0.717, 1.165) is 12.7 Å². The molecule has 0 aliphatic heterocycles. The Morgan fingerprint density at radius 2 is 1.86 bits per heavy atom. The van der Waals surface area contributed by atoms with Crippen molar-refractivity contribution in [2.24, 2.45) is 0 Å². The van der Waals surface area contributed by atoms with Crippen molar-refractivity contribution < 1.29 is 19.7 Å². The molecular weight excluding hydrogens is 500 g/mol. The summed E-state index contributed by atoms with van der Waals surface area (Å²) in [5.41, 5.74) is 0.351. The second-order valence-corrected chi connectivity index (χ2v) is 7.96. The number of aliphatic hydroxyl groups is 1. The number of halogens is 2. The lowest BCUT2D eigenvalue weighted by Crippen LogP contribution is -2.42. The number of carbonyl (C=O) groups is 1. The Balaban J connectivity index is 2.72. The van der Waals surface area contributed by atoms with E-state index in [4.69, 9.17) is 4.74 Å². The van der Waals surface area contributed by atoms with Gasteiger partial charge in [-0.2, -0.15) is 0 Å². The molecule has 0 aromatic heterocycles. The molecule has 0 aliphatic carbocycles. The number of alkyl carbamates (subject to hydrolysis) is 1. The highest BCUT2D eigenvalue weighted by Gasteiger charge is 2.20. The van der Waals surface area contributed by atoms with Crippen molar-refractivity contribution in [3.05, 3.63) is 24.8 Å². The second-order valence-electron chi connectivity index (χ2n) is 5.64. The highest BCUT2D eigenvalue weighted by Crippen LogP contribution is 2.27. The van der Waals surface area contributed by atoms with Gasteiger partial charge in [0.2, 0.25) is 0 Å². The van der Waals surface area contributed by atoms with Gasteiger partial charge in [-0.05, 0) is 90.1 Å². The minimum absolute atomic E-state index is 0.187. The SMILES string of the molecule is CC(C)(C)OC(=O)N[C@@H](CO)Cc1cc(I)c(O)c(I)c1. The summed E-state index contributed by atoms with van der Waals surface area (Å²) in [6.07, 6.45) is -0.0908. The van der Waals surface area contributed by atoms with Crippen molar-refractivity contribution in [3.63, 3.8) is 0 Å². The number of amides is 1. The first-order valence-corrected chi connectivity index (χ1v) is 8.55. The number of ether oxygens (including phenoxy) is 1. The Bertz CT molecular complexity index is 491. The third-order valence-corrected chi connectivity index (χ3v) is 4.14. The van der Waals surface area contributed by atoms with E-state index in [1.807, 2.05) is 57.3 Å². The first-order valence-electron chi connectivity index (χ1n) is 6.39. The van der Waals surface area contributed by atoms with E-state index in [9.17, 15) is 15.0 Å². The number of nitrogens with one attached hydrogen (secondary N) is 1. The van der Waals surface area contributed by atoms with Gasteiger partial charge in [0.15, 0.2) is 0 Å². The molecule has 118 valence electrons. The smallest absolute Gasteiger partial charge is 0.407 e. The molecule has 1 rings (SSSR count). The summed E-state index contributed by atoms with van der Waals surface area (Å²) < 4.78 is 6.65. The van der Waals surface area contributed by atoms with Crippen LogP contribution in [0.3, 0.4) is 0 Å². The van der Waals surface area contributed by atoms with Crippen molar-refractivity contribution in [3.8, 4) is 5.75 Å². The van der Waals surface area contributed by atoms with Gasteiger partial charge in [0.1, 0.15) is 11.4 Å². The van der Waals surface area contributed by atoms with E-state index in [1.54, 1.807) is 20.8 Å². The van der Waals surface area contributed by atoms with E-state index in [-0.39, 0.29) is 12.4 Å². The number of phenols is 1. The Morgan fingerprint density at radius 3 is 2.29 bits per heavy atom. The zero-order valence-corrected chi connectivity index (χ0v) is 16.4. The molecule has 1 aromatic rings. The number of aliphatic hydroxyl groups excluding tert-OH is 1. The van der Waals surface area contributed by atoms with E-state index >= 15 is 0 Å². The maximum absolute atomic E-state index is 11.7. The molecule has 0 radical (unpaired) electrons. The fraction of sp³-hybridized carbons (Fsp3) is 0.500. The molecule has 1 atom stereocenters. The van der Waals surface area contributed by atoms with Crippen LogP contribution in [0.1, 0.15) is 26.3 Å². The van der Waals surface area contributed by atoms with Crippen LogP contribution >= 0.6 is 45.2 Å². The number of hydrogen-bond donors (Lipinski definition) is 3. The minimum atomic E-state index is -0.576. The molecule has 1 aromatic carbocycles. The highest BCUT2D eigenvalue weighted by molar-refractivity contribution is 14.1. The number of hydrogen-bond acceptors (Lipinski definition) is 4. The van der Waals surface area contributed by atoms with Crippen molar-refractivity contribution in [1.82, 2.24) is 5.32 Å².